The Hall–Kier alpha value is -3.09. The molecule has 3 rings (SSSR count). The van der Waals surface area contributed by atoms with Gasteiger partial charge in [-0.3, -0.25) is 9.59 Å². The van der Waals surface area contributed by atoms with Crippen LogP contribution in [-0.4, -0.2) is 25.9 Å². The zero-order valence-electron chi connectivity index (χ0n) is 12.5. The molecule has 7 heteroatoms. The van der Waals surface area contributed by atoms with E-state index in [0.717, 1.165) is 4.68 Å². The van der Waals surface area contributed by atoms with Crippen molar-refractivity contribution in [3.63, 3.8) is 0 Å². The minimum absolute atomic E-state index is 0.335. The second-order valence-electron chi connectivity index (χ2n) is 4.98. The molecule has 0 radical (unpaired) electrons. The van der Waals surface area contributed by atoms with E-state index in [-0.39, 0.29) is 11.5 Å². The third kappa shape index (κ3) is 2.94. The molecule has 0 aliphatic heterocycles. The Bertz CT molecular complexity index is 892. The summed E-state index contributed by atoms with van der Waals surface area (Å²) in [6.45, 7) is 1.81. The number of hydrogen-bond acceptors (Lipinski definition) is 5. The molecular formula is C16H15N5O2. The number of carbonyl (C=O) groups is 1. The highest BCUT2D eigenvalue weighted by Crippen LogP contribution is 2.12. The fourth-order valence-electron chi connectivity index (χ4n) is 2.32. The fourth-order valence-corrected chi connectivity index (χ4v) is 2.32. The molecule has 1 amide bonds. The third-order valence-corrected chi connectivity index (χ3v) is 3.49. The number of nitrogens with one attached hydrogen (secondary N) is 1. The van der Waals surface area contributed by atoms with Gasteiger partial charge in [-0.1, -0.05) is 30.3 Å². The molecule has 2 aromatic heterocycles. The normalized spacial score (nSPS) is 12.0. The van der Waals surface area contributed by atoms with Crippen LogP contribution in [0.5, 0.6) is 0 Å². The molecular weight excluding hydrogens is 294 g/mol. The van der Waals surface area contributed by atoms with Crippen molar-refractivity contribution in [2.24, 2.45) is 0 Å². The zero-order valence-corrected chi connectivity index (χ0v) is 12.5. The Kier molecular flexibility index (Phi) is 4.09. The van der Waals surface area contributed by atoms with Crippen molar-refractivity contribution >= 4 is 22.6 Å². The molecule has 116 valence electrons. The first-order chi connectivity index (χ1) is 11.2. The van der Waals surface area contributed by atoms with Gasteiger partial charge in [-0.25, -0.2) is 4.98 Å². The Labute approximate surface area is 132 Å². The van der Waals surface area contributed by atoms with Crippen LogP contribution in [0.25, 0.3) is 10.9 Å². The summed E-state index contributed by atoms with van der Waals surface area (Å²) >= 11 is 0. The van der Waals surface area contributed by atoms with Gasteiger partial charge in [0, 0.05) is 6.20 Å². The van der Waals surface area contributed by atoms with Gasteiger partial charge < -0.3 is 5.32 Å². The van der Waals surface area contributed by atoms with E-state index in [2.05, 4.69) is 20.6 Å². The summed E-state index contributed by atoms with van der Waals surface area (Å²) in [6, 6.07) is 11.4. The SMILES string of the molecule is CCC(C(=O)Nc1ccccn1)n1nnc2ccccc2c1=O. The first kappa shape index (κ1) is 14.8. The molecule has 0 fully saturated rings. The summed E-state index contributed by atoms with van der Waals surface area (Å²) in [5.74, 6) is 0.0793. The summed E-state index contributed by atoms with van der Waals surface area (Å²) in [4.78, 5) is 29.1. The second-order valence-corrected chi connectivity index (χ2v) is 4.98. The number of carbonyl (C=O) groups excluding carboxylic acids is 1. The van der Waals surface area contributed by atoms with Gasteiger partial charge in [0.15, 0.2) is 0 Å². The Morgan fingerprint density at radius 1 is 1.22 bits per heavy atom. The van der Waals surface area contributed by atoms with E-state index in [1.165, 1.54) is 0 Å². The van der Waals surface area contributed by atoms with E-state index in [0.29, 0.717) is 23.1 Å². The number of nitrogens with zero attached hydrogens (tertiary/aromatic N) is 4. The zero-order chi connectivity index (χ0) is 16.2. The minimum atomic E-state index is -0.749. The van der Waals surface area contributed by atoms with Gasteiger partial charge in [-0.2, -0.15) is 4.68 Å². The molecule has 0 spiro atoms. The van der Waals surface area contributed by atoms with Crippen LogP contribution in [0.2, 0.25) is 0 Å². The van der Waals surface area contributed by atoms with E-state index < -0.39 is 6.04 Å². The van der Waals surface area contributed by atoms with Crippen LogP contribution in [0.3, 0.4) is 0 Å². The van der Waals surface area contributed by atoms with Gasteiger partial charge in [-0.15, -0.1) is 5.10 Å². The Morgan fingerprint density at radius 3 is 2.74 bits per heavy atom. The molecule has 0 saturated carbocycles. The van der Waals surface area contributed by atoms with E-state index >= 15 is 0 Å². The maximum absolute atomic E-state index is 12.6. The molecule has 0 aliphatic rings. The number of amides is 1. The predicted molar refractivity (Wildman–Crippen MR) is 86.0 cm³/mol. The quantitative estimate of drug-likeness (QED) is 0.793. The summed E-state index contributed by atoms with van der Waals surface area (Å²) in [5, 5.41) is 11.1. The Morgan fingerprint density at radius 2 is 2.00 bits per heavy atom. The van der Waals surface area contributed by atoms with Crippen LogP contribution < -0.4 is 10.9 Å². The molecule has 1 N–H and O–H groups in total. The summed E-state index contributed by atoms with van der Waals surface area (Å²) in [7, 11) is 0. The van der Waals surface area contributed by atoms with Crippen molar-refractivity contribution in [2.45, 2.75) is 19.4 Å². The average Bonchev–Trinajstić information content (AvgIpc) is 2.58. The van der Waals surface area contributed by atoms with Crippen LogP contribution in [-0.2, 0) is 4.79 Å². The monoisotopic (exact) mass is 309 g/mol. The lowest BCUT2D eigenvalue weighted by Gasteiger charge is -2.15. The summed E-state index contributed by atoms with van der Waals surface area (Å²) in [6.07, 6.45) is 1.99. The van der Waals surface area contributed by atoms with Crippen LogP contribution in [0.15, 0.2) is 53.5 Å². The smallest absolute Gasteiger partial charge is 0.278 e. The molecule has 2 heterocycles. The van der Waals surface area contributed by atoms with Crippen molar-refractivity contribution in [1.82, 2.24) is 20.0 Å². The molecule has 1 atom stereocenters. The van der Waals surface area contributed by atoms with Crippen molar-refractivity contribution < 1.29 is 4.79 Å². The number of anilines is 1. The van der Waals surface area contributed by atoms with Crippen molar-refractivity contribution in [1.29, 1.82) is 0 Å². The van der Waals surface area contributed by atoms with Crippen LogP contribution >= 0.6 is 0 Å². The maximum Gasteiger partial charge on any atom is 0.278 e. The molecule has 3 aromatic rings. The van der Waals surface area contributed by atoms with E-state index in [9.17, 15) is 9.59 Å². The maximum atomic E-state index is 12.6. The highest BCUT2D eigenvalue weighted by Gasteiger charge is 2.22. The van der Waals surface area contributed by atoms with Crippen molar-refractivity contribution in [3.05, 3.63) is 59.0 Å². The molecule has 1 unspecified atom stereocenters. The molecule has 23 heavy (non-hydrogen) atoms. The van der Waals surface area contributed by atoms with Crippen molar-refractivity contribution in [2.75, 3.05) is 5.32 Å². The lowest BCUT2D eigenvalue weighted by Crippen LogP contribution is -2.35. The van der Waals surface area contributed by atoms with Crippen molar-refractivity contribution in [3.8, 4) is 0 Å². The summed E-state index contributed by atoms with van der Waals surface area (Å²) < 4.78 is 1.13. The standard InChI is InChI=1S/C16H15N5O2/c1-2-13(15(22)18-14-9-5-6-10-17-14)21-16(23)11-7-3-4-8-12(11)19-20-21/h3-10,13H,2H2,1H3,(H,17,18,22). The first-order valence-corrected chi connectivity index (χ1v) is 7.27. The highest BCUT2D eigenvalue weighted by atomic mass is 16.2. The number of rotatable bonds is 4. The van der Waals surface area contributed by atoms with Gasteiger partial charge in [0.1, 0.15) is 17.4 Å². The van der Waals surface area contributed by atoms with Gasteiger partial charge >= 0.3 is 0 Å². The molecule has 0 bridgehead atoms. The van der Waals surface area contributed by atoms with E-state index in [1.807, 2.05) is 6.92 Å². The Balaban J connectivity index is 1.96. The highest BCUT2D eigenvalue weighted by molar-refractivity contribution is 5.92. The van der Waals surface area contributed by atoms with Gasteiger partial charge in [-0.05, 0) is 30.7 Å². The number of aromatic nitrogens is 4. The average molecular weight is 309 g/mol. The molecule has 0 aliphatic carbocycles. The van der Waals surface area contributed by atoms with Crippen LogP contribution in [0, 0.1) is 0 Å². The van der Waals surface area contributed by atoms with Gasteiger partial charge in [0.05, 0.1) is 5.39 Å². The third-order valence-electron chi connectivity index (χ3n) is 3.49. The lowest BCUT2D eigenvalue weighted by molar-refractivity contribution is -0.119. The lowest BCUT2D eigenvalue weighted by atomic mass is 10.2. The minimum Gasteiger partial charge on any atom is -0.309 e. The van der Waals surface area contributed by atoms with Crippen LogP contribution in [0.1, 0.15) is 19.4 Å². The van der Waals surface area contributed by atoms with Gasteiger partial charge in [0.25, 0.3) is 11.5 Å². The topological polar surface area (TPSA) is 89.8 Å². The first-order valence-electron chi connectivity index (χ1n) is 7.27. The summed E-state index contributed by atoms with van der Waals surface area (Å²) in [5.41, 5.74) is 0.173. The number of fused-ring (bicyclic) bond motifs is 1. The van der Waals surface area contributed by atoms with E-state index in [4.69, 9.17) is 0 Å². The molecule has 7 nitrogen and oxygen atoms in total. The molecule has 1 aromatic carbocycles. The van der Waals surface area contributed by atoms with E-state index in [1.54, 1.807) is 48.7 Å². The van der Waals surface area contributed by atoms with Gasteiger partial charge in [0.2, 0.25) is 0 Å². The number of pyridine rings is 1. The second kappa shape index (κ2) is 6.35. The molecule has 0 saturated heterocycles. The number of hydrogen-bond donors (Lipinski definition) is 1. The predicted octanol–water partition coefficient (Wildman–Crippen LogP) is 1.78. The largest absolute Gasteiger partial charge is 0.309 e. The van der Waals surface area contributed by atoms with Crippen LogP contribution in [0.4, 0.5) is 5.82 Å². The fraction of sp³-hybridized carbons (Fsp3) is 0.188. The number of benzene rings is 1.